The van der Waals surface area contributed by atoms with Crippen molar-refractivity contribution in [3.8, 4) is 11.3 Å². The summed E-state index contributed by atoms with van der Waals surface area (Å²) in [4.78, 5) is 0. The molecule has 0 amide bonds. The number of nitrogens with zero attached hydrogens (tertiary/aromatic N) is 2. The molecule has 1 heterocycles. The van der Waals surface area contributed by atoms with Crippen LogP contribution in [-0.4, -0.2) is 16.8 Å². The predicted molar refractivity (Wildman–Crippen MR) is 62.9 cm³/mol. The Kier molecular flexibility index (Phi) is 2.46. The third kappa shape index (κ3) is 1.86. The lowest BCUT2D eigenvalue weighted by Crippen LogP contribution is -1.95. The molecule has 0 aliphatic carbocycles. The first-order chi connectivity index (χ1) is 7.20. The summed E-state index contributed by atoms with van der Waals surface area (Å²) in [7, 11) is 3.83. The first-order valence-corrected chi connectivity index (χ1v) is 4.99. The van der Waals surface area contributed by atoms with Gasteiger partial charge in [-0.15, -0.1) is 0 Å². The van der Waals surface area contributed by atoms with Crippen LogP contribution in [-0.2, 0) is 7.05 Å². The molecule has 0 atom stereocenters. The van der Waals surface area contributed by atoms with E-state index in [0.717, 1.165) is 11.5 Å². The highest BCUT2D eigenvalue weighted by molar-refractivity contribution is 5.64. The van der Waals surface area contributed by atoms with Gasteiger partial charge in [0.1, 0.15) is 5.82 Å². The quantitative estimate of drug-likeness (QED) is 0.808. The number of nitrogens with one attached hydrogen (secondary N) is 1. The zero-order valence-electron chi connectivity index (χ0n) is 9.28. The van der Waals surface area contributed by atoms with E-state index in [4.69, 9.17) is 0 Å². The number of hydrogen-bond donors (Lipinski definition) is 1. The van der Waals surface area contributed by atoms with Crippen LogP contribution < -0.4 is 5.32 Å². The number of hydrogen-bond acceptors (Lipinski definition) is 2. The third-order valence-corrected chi connectivity index (χ3v) is 2.45. The van der Waals surface area contributed by atoms with Gasteiger partial charge in [-0.05, 0) is 13.0 Å². The monoisotopic (exact) mass is 201 g/mol. The summed E-state index contributed by atoms with van der Waals surface area (Å²) in [5, 5.41) is 7.38. The smallest absolute Gasteiger partial charge is 0.148 e. The Balaban J connectivity index is 2.48. The lowest BCUT2D eigenvalue weighted by Gasteiger charge is -2.02. The Bertz CT molecular complexity index is 471. The zero-order valence-corrected chi connectivity index (χ0v) is 9.28. The number of anilines is 1. The highest BCUT2D eigenvalue weighted by atomic mass is 15.3. The summed E-state index contributed by atoms with van der Waals surface area (Å²) >= 11 is 0. The van der Waals surface area contributed by atoms with Gasteiger partial charge >= 0.3 is 0 Å². The van der Waals surface area contributed by atoms with Gasteiger partial charge in [-0.2, -0.15) is 5.10 Å². The van der Waals surface area contributed by atoms with E-state index < -0.39 is 0 Å². The van der Waals surface area contributed by atoms with Crippen LogP contribution in [0.4, 0.5) is 5.82 Å². The van der Waals surface area contributed by atoms with Crippen LogP contribution in [0, 0.1) is 6.92 Å². The molecule has 15 heavy (non-hydrogen) atoms. The van der Waals surface area contributed by atoms with E-state index in [1.165, 1.54) is 11.1 Å². The SMILES string of the molecule is CNc1cc(-c2cccc(C)c2)n(C)n1. The van der Waals surface area contributed by atoms with E-state index in [0.29, 0.717) is 0 Å². The summed E-state index contributed by atoms with van der Waals surface area (Å²) in [6, 6.07) is 10.5. The number of benzene rings is 1. The van der Waals surface area contributed by atoms with Crippen LogP contribution >= 0.6 is 0 Å². The van der Waals surface area contributed by atoms with Gasteiger partial charge < -0.3 is 5.32 Å². The van der Waals surface area contributed by atoms with Gasteiger partial charge in [0.25, 0.3) is 0 Å². The molecule has 0 bridgehead atoms. The van der Waals surface area contributed by atoms with Gasteiger partial charge in [0.2, 0.25) is 0 Å². The van der Waals surface area contributed by atoms with Crippen LogP contribution in [0.15, 0.2) is 30.3 Å². The molecular weight excluding hydrogens is 186 g/mol. The molecule has 0 saturated heterocycles. The fraction of sp³-hybridized carbons (Fsp3) is 0.250. The Labute approximate surface area is 89.7 Å². The number of aromatic nitrogens is 2. The fourth-order valence-corrected chi connectivity index (χ4v) is 1.66. The molecule has 0 aliphatic rings. The Morgan fingerprint density at radius 3 is 2.67 bits per heavy atom. The van der Waals surface area contributed by atoms with Gasteiger partial charge in [-0.25, -0.2) is 0 Å². The summed E-state index contributed by atoms with van der Waals surface area (Å²) in [6.45, 7) is 2.10. The number of rotatable bonds is 2. The largest absolute Gasteiger partial charge is 0.372 e. The molecule has 2 aromatic rings. The van der Waals surface area contributed by atoms with E-state index in [1.54, 1.807) is 0 Å². The second kappa shape index (κ2) is 3.77. The van der Waals surface area contributed by atoms with Crippen molar-refractivity contribution in [3.05, 3.63) is 35.9 Å². The summed E-state index contributed by atoms with van der Waals surface area (Å²) < 4.78 is 1.89. The Morgan fingerprint density at radius 2 is 2.07 bits per heavy atom. The first-order valence-electron chi connectivity index (χ1n) is 4.99. The molecule has 1 N–H and O–H groups in total. The maximum atomic E-state index is 4.34. The molecule has 0 aliphatic heterocycles. The summed E-state index contributed by atoms with van der Waals surface area (Å²) in [5.74, 6) is 0.897. The Morgan fingerprint density at radius 1 is 1.27 bits per heavy atom. The second-order valence-electron chi connectivity index (χ2n) is 3.66. The lowest BCUT2D eigenvalue weighted by molar-refractivity contribution is 0.778. The van der Waals surface area contributed by atoms with E-state index in [-0.39, 0.29) is 0 Å². The van der Waals surface area contributed by atoms with Gasteiger partial charge in [0.05, 0.1) is 5.69 Å². The topological polar surface area (TPSA) is 29.9 Å². The minimum Gasteiger partial charge on any atom is -0.372 e. The van der Waals surface area contributed by atoms with Gasteiger partial charge in [-0.1, -0.05) is 23.8 Å². The maximum Gasteiger partial charge on any atom is 0.148 e. The molecule has 3 heteroatoms. The van der Waals surface area contributed by atoms with Crippen LogP contribution in [0.2, 0.25) is 0 Å². The second-order valence-corrected chi connectivity index (χ2v) is 3.66. The van der Waals surface area contributed by atoms with Crippen LogP contribution in [0.3, 0.4) is 0 Å². The average molecular weight is 201 g/mol. The van der Waals surface area contributed by atoms with Crippen molar-refractivity contribution >= 4 is 5.82 Å². The molecule has 1 aromatic carbocycles. The van der Waals surface area contributed by atoms with Crippen molar-refractivity contribution in [2.24, 2.45) is 7.05 Å². The lowest BCUT2D eigenvalue weighted by atomic mass is 10.1. The van der Waals surface area contributed by atoms with Crippen LogP contribution in [0.5, 0.6) is 0 Å². The highest BCUT2D eigenvalue weighted by Gasteiger charge is 2.05. The van der Waals surface area contributed by atoms with Crippen molar-refractivity contribution in [3.63, 3.8) is 0 Å². The van der Waals surface area contributed by atoms with Gasteiger partial charge in [0.15, 0.2) is 0 Å². The predicted octanol–water partition coefficient (Wildman–Crippen LogP) is 2.44. The van der Waals surface area contributed by atoms with Crippen molar-refractivity contribution in [1.82, 2.24) is 9.78 Å². The van der Waals surface area contributed by atoms with E-state index in [1.807, 2.05) is 18.8 Å². The summed E-state index contributed by atoms with van der Waals surface area (Å²) in [5.41, 5.74) is 3.59. The van der Waals surface area contributed by atoms with Crippen molar-refractivity contribution < 1.29 is 0 Å². The Hall–Kier alpha value is -1.77. The zero-order chi connectivity index (χ0) is 10.8. The molecular formula is C12H15N3. The molecule has 0 saturated carbocycles. The van der Waals surface area contributed by atoms with Gasteiger partial charge in [0, 0.05) is 25.7 Å². The highest BCUT2D eigenvalue weighted by Crippen LogP contribution is 2.22. The van der Waals surface area contributed by atoms with E-state index in [9.17, 15) is 0 Å². The normalized spacial score (nSPS) is 10.3. The van der Waals surface area contributed by atoms with E-state index >= 15 is 0 Å². The fourth-order valence-electron chi connectivity index (χ4n) is 1.66. The molecule has 0 fully saturated rings. The van der Waals surface area contributed by atoms with Crippen molar-refractivity contribution in [2.75, 3.05) is 12.4 Å². The first kappa shape index (κ1) is 9.77. The molecule has 2 rings (SSSR count). The van der Waals surface area contributed by atoms with Crippen molar-refractivity contribution in [1.29, 1.82) is 0 Å². The van der Waals surface area contributed by atoms with Crippen LogP contribution in [0.1, 0.15) is 5.56 Å². The molecule has 0 spiro atoms. The third-order valence-electron chi connectivity index (χ3n) is 2.45. The molecule has 0 unspecified atom stereocenters. The molecule has 0 radical (unpaired) electrons. The molecule has 1 aromatic heterocycles. The average Bonchev–Trinajstić information content (AvgIpc) is 2.60. The maximum absolute atomic E-state index is 4.34. The minimum absolute atomic E-state index is 0.897. The minimum atomic E-state index is 0.897. The number of aryl methyl sites for hydroxylation is 2. The standard InChI is InChI=1S/C12H15N3/c1-9-5-4-6-10(7-9)11-8-12(13-2)14-15(11)3/h4-8H,1-3H3,(H,13,14). The summed E-state index contributed by atoms with van der Waals surface area (Å²) in [6.07, 6.45) is 0. The molecule has 78 valence electrons. The van der Waals surface area contributed by atoms with Crippen molar-refractivity contribution in [2.45, 2.75) is 6.92 Å². The van der Waals surface area contributed by atoms with Gasteiger partial charge in [-0.3, -0.25) is 4.68 Å². The van der Waals surface area contributed by atoms with E-state index in [2.05, 4.69) is 47.7 Å². The molecule has 3 nitrogen and oxygen atoms in total. The van der Waals surface area contributed by atoms with Crippen LogP contribution in [0.25, 0.3) is 11.3 Å².